The molecule has 2 rings (SSSR count). The van der Waals surface area contributed by atoms with E-state index in [0.29, 0.717) is 12.5 Å². The van der Waals surface area contributed by atoms with Crippen LogP contribution in [0, 0.1) is 11.3 Å². The molecule has 0 radical (unpaired) electrons. The van der Waals surface area contributed by atoms with E-state index >= 15 is 0 Å². The highest BCUT2D eigenvalue weighted by Gasteiger charge is 2.35. The van der Waals surface area contributed by atoms with E-state index in [9.17, 15) is 0 Å². The molecule has 1 aliphatic rings. The quantitative estimate of drug-likeness (QED) is 0.920. The second-order valence-corrected chi connectivity index (χ2v) is 6.80. The van der Waals surface area contributed by atoms with Gasteiger partial charge in [0.25, 0.3) is 0 Å². The van der Waals surface area contributed by atoms with E-state index in [-0.39, 0.29) is 5.41 Å². The highest BCUT2D eigenvalue weighted by atomic mass is 79.9. The van der Waals surface area contributed by atoms with Crippen molar-refractivity contribution in [3.63, 3.8) is 0 Å². The van der Waals surface area contributed by atoms with E-state index in [4.69, 9.17) is 5.11 Å². The molecule has 2 nitrogen and oxygen atoms in total. The number of halogens is 1. The van der Waals surface area contributed by atoms with Crippen molar-refractivity contribution < 1.29 is 5.11 Å². The van der Waals surface area contributed by atoms with Crippen molar-refractivity contribution in [1.29, 1.82) is 0 Å². The van der Waals surface area contributed by atoms with Crippen molar-refractivity contribution in [3.8, 4) is 0 Å². The van der Waals surface area contributed by atoms with Gasteiger partial charge < -0.3 is 10.0 Å². The summed E-state index contributed by atoms with van der Waals surface area (Å²) in [4.78, 5) is 2.46. The first-order valence-corrected chi connectivity index (χ1v) is 7.43. The summed E-state index contributed by atoms with van der Waals surface area (Å²) in [5.74, 6) is 0.634. The SMILES string of the molecule is CC1(C)CN(c2ccc(Br)cc2)CCC1CCO. The van der Waals surface area contributed by atoms with E-state index in [1.807, 2.05) is 0 Å². The van der Waals surface area contributed by atoms with Crippen LogP contribution in [0.4, 0.5) is 5.69 Å². The van der Waals surface area contributed by atoms with E-state index in [0.717, 1.165) is 24.0 Å². The molecule has 100 valence electrons. The van der Waals surface area contributed by atoms with Gasteiger partial charge in [-0.1, -0.05) is 29.8 Å². The average Bonchev–Trinajstić information content (AvgIpc) is 2.32. The predicted molar refractivity (Wildman–Crippen MR) is 79.9 cm³/mol. The zero-order valence-electron chi connectivity index (χ0n) is 11.2. The summed E-state index contributed by atoms with van der Waals surface area (Å²) in [6, 6.07) is 8.54. The Bertz CT molecular complexity index is 388. The lowest BCUT2D eigenvalue weighted by molar-refractivity contribution is 0.134. The maximum Gasteiger partial charge on any atom is 0.0433 e. The normalized spacial score (nSPS) is 23.1. The standard InChI is InChI=1S/C15H22BrNO/c1-15(2)11-17(9-7-12(15)8-10-18)14-5-3-13(16)4-6-14/h3-6,12,18H,7-11H2,1-2H3. The smallest absolute Gasteiger partial charge is 0.0433 e. The zero-order valence-corrected chi connectivity index (χ0v) is 12.8. The van der Waals surface area contributed by atoms with Crippen LogP contribution in [0.5, 0.6) is 0 Å². The Balaban J connectivity index is 2.08. The van der Waals surface area contributed by atoms with E-state index in [2.05, 4.69) is 58.9 Å². The third kappa shape index (κ3) is 3.07. The van der Waals surface area contributed by atoms with E-state index < -0.39 is 0 Å². The van der Waals surface area contributed by atoms with Gasteiger partial charge >= 0.3 is 0 Å². The number of hydrogen-bond acceptors (Lipinski definition) is 2. The molecule has 1 aromatic carbocycles. The van der Waals surface area contributed by atoms with Crippen LogP contribution >= 0.6 is 15.9 Å². The largest absolute Gasteiger partial charge is 0.396 e. The van der Waals surface area contributed by atoms with Crippen LogP contribution in [0.1, 0.15) is 26.7 Å². The second kappa shape index (κ2) is 5.62. The number of nitrogens with zero attached hydrogens (tertiary/aromatic N) is 1. The third-order valence-corrected chi connectivity index (χ3v) is 4.65. The number of aliphatic hydroxyl groups is 1. The van der Waals surface area contributed by atoms with Gasteiger partial charge in [-0.3, -0.25) is 0 Å². The molecule has 1 unspecified atom stereocenters. The highest BCUT2D eigenvalue weighted by Crippen LogP contribution is 2.38. The molecule has 1 N–H and O–H groups in total. The topological polar surface area (TPSA) is 23.5 Å². The van der Waals surface area contributed by atoms with Gasteiger partial charge in [0.05, 0.1) is 0 Å². The lowest BCUT2D eigenvalue weighted by atomic mass is 9.72. The Morgan fingerprint density at radius 3 is 2.56 bits per heavy atom. The average molecular weight is 312 g/mol. The Kier molecular flexibility index (Phi) is 4.33. The summed E-state index contributed by atoms with van der Waals surface area (Å²) in [5.41, 5.74) is 1.57. The van der Waals surface area contributed by atoms with Gasteiger partial charge in [0.1, 0.15) is 0 Å². The molecule has 1 fully saturated rings. The van der Waals surface area contributed by atoms with Gasteiger partial charge in [-0.05, 0) is 48.4 Å². The van der Waals surface area contributed by atoms with Crippen LogP contribution in [0.25, 0.3) is 0 Å². The fourth-order valence-corrected chi connectivity index (χ4v) is 3.23. The predicted octanol–water partition coefficient (Wildman–Crippen LogP) is 3.68. The lowest BCUT2D eigenvalue weighted by Crippen LogP contribution is -2.46. The van der Waals surface area contributed by atoms with E-state index in [1.54, 1.807) is 0 Å². The summed E-state index contributed by atoms with van der Waals surface area (Å²) < 4.78 is 1.13. The van der Waals surface area contributed by atoms with Gasteiger partial charge in [0, 0.05) is 29.9 Å². The molecular weight excluding hydrogens is 290 g/mol. The van der Waals surface area contributed by atoms with Gasteiger partial charge in [-0.25, -0.2) is 0 Å². The number of benzene rings is 1. The maximum atomic E-state index is 9.15. The number of anilines is 1. The molecule has 0 amide bonds. The highest BCUT2D eigenvalue weighted by molar-refractivity contribution is 9.10. The van der Waals surface area contributed by atoms with Crippen molar-refractivity contribution in [1.82, 2.24) is 0 Å². The molecular formula is C15H22BrNO. The first kappa shape index (κ1) is 13.9. The summed E-state index contributed by atoms with van der Waals surface area (Å²) in [6.07, 6.45) is 2.10. The fraction of sp³-hybridized carbons (Fsp3) is 0.600. The minimum Gasteiger partial charge on any atom is -0.396 e. The first-order valence-electron chi connectivity index (χ1n) is 6.64. The van der Waals surface area contributed by atoms with Crippen LogP contribution in [-0.2, 0) is 0 Å². The Hall–Kier alpha value is -0.540. The van der Waals surface area contributed by atoms with Crippen LogP contribution in [0.15, 0.2) is 28.7 Å². The van der Waals surface area contributed by atoms with Crippen LogP contribution < -0.4 is 4.90 Å². The molecule has 1 atom stereocenters. The van der Waals surface area contributed by atoms with Crippen molar-refractivity contribution in [2.45, 2.75) is 26.7 Å². The van der Waals surface area contributed by atoms with Crippen molar-refractivity contribution in [3.05, 3.63) is 28.7 Å². The Labute approximate surface area is 118 Å². The monoisotopic (exact) mass is 311 g/mol. The Morgan fingerprint density at radius 1 is 1.33 bits per heavy atom. The summed E-state index contributed by atoms with van der Waals surface area (Å²) in [6.45, 7) is 7.11. The first-order chi connectivity index (χ1) is 8.53. The van der Waals surface area contributed by atoms with Crippen molar-refractivity contribution >= 4 is 21.6 Å². The summed E-state index contributed by atoms with van der Waals surface area (Å²) >= 11 is 3.48. The summed E-state index contributed by atoms with van der Waals surface area (Å²) in [5, 5.41) is 9.15. The minimum absolute atomic E-state index is 0.272. The summed E-state index contributed by atoms with van der Waals surface area (Å²) in [7, 11) is 0. The number of aliphatic hydroxyl groups excluding tert-OH is 1. The minimum atomic E-state index is 0.272. The molecule has 0 saturated carbocycles. The molecule has 1 aliphatic heterocycles. The molecule has 0 spiro atoms. The number of rotatable bonds is 3. The van der Waals surface area contributed by atoms with Crippen LogP contribution in [-0.4, -0.2) is 24.8 Å². The molecule has 0 aliphatic carbocycles. The number of hydrogen-bond donors (Lipinski definition) is 1. The second-order valence-electron chi connectivity index (χ2n) is 5.88. The fourth-order valence-electron chi connectivity index (χ4n) is 2.97. The zero-order chi connectivity index (χ0) is 13.2. The third-order valence-electron chi connectivity index (χ3n) is 4.12. The van der Waals surface area contributed by atoms with Gasteiger partial charge in [0.15, 0.2) is 0 Å². The molecule has 18 heavy (non-hydrogen) atoms. The van der Waals surface area contributed by atoms with Gasteiger partial charge in [0.2, 0.25) is 0 Å². The van der Waals surface area contributed by atoms with Crippen molar-refractivity contribution in [2.75, 3.05) is 24.6 Å². The molecule has 0 bridgehead atoms. The van der Waals surface area contributed by atoms with E-state index in [1.165, 1.54) is 12.1 Å². The number of piperidine rings is 1. The molecule has 1 saturated heterocycles. The molecule has 1 aromatic rings. The molecule has 3 heteroatoms. The van der Waals surface area contributed by atoms with Gasteiger partial charge in [-0.15, -0.1) is 0 Å². The molecule has 0 aromatic heterocycles. The lowest BCUT2D eigenvalue weighted by Gasteiger charge is -2.45. The van der Waals surface area contributed by atoms with Crippen molar-refractivity contribution in [2.24, 2.45) is 11.3 Å². The van der Waals surface area contributed by atoms with Crippen LogP contribution in [0.3, 0.4) is 0 Å². The molecule has 1 heterocycles. The maximum absolute atomic E-state index is 9.15. The van der Waals surface area contributed by atoms with Gasteiger partial charge in [-0.2, -0.15) is 0 Å². The Morgan fingerprint density at radius 2 is 2.00 bits per heavy atom. The van der Waals surface area contributed by atoms with Crippen LogP contribution in [0.2, 0.25) is 0 Å².